The molecule has 1 saturated carbocycles. The number of aliphatic hydroxyl groups excluding tert-OH is 1. The number of carbonyl (C=O) groups excluding carboxylic acids is 1. The Morgan fingerprint density at radius 3 is 2.51 bits per heavy atom. The van der Waals surface area contributed by atoms with Crippen LogP contribution in [0.15, 0.2) is 30.3 Å². The lowest BCUT2D eigenvalue weighted by Gasteiger charge is -2.39. The lowest BCUT2D eigenvalue weighted by atomic mass is 10.1. The number of hydrogen-bond donors (Lipinski definition) is 1. The van der Waals surface area contributed by atoms with Gasteiger partial charge < -0.3 is 19.8 Å². The molecule has 11 nitrogen and oxygen atoms in total. The van der Waals surface area contributed by atoms with Crippen molar-refractivity contribution >= 4 is 44.9 Å². The molecule has 0 spiro atoms. The standard InChI is InChI=1S/C29H29F2N9O2S/c1-36(29-33-25(23(13-32)43-29)17-2-4-18(30)5-3-17)28-21-12-22(26(31)34-27(21)35-40(28)19-6-7-19)38-10-8-37(9-11-38)16-24(42)39-14-20(41)15-39/h2-5,12,19-20,41H,6-11,14-16H2,1H3. The van der Waals surface area contributed by atoms with Gasteiger partial charge in [0.25, 0.3) is 0 Å². The number of carbonyl (C=O) groups is 1. The van der Waals surface area contributed by atoms with Crippen molar-refractivity contribution in [3.8, 4) is 17.3 Å². The maximum atomic E-state index is 15.4. The number of nitriles is 1. The minimum absolute atomic E-state index is 0.00230. The van der Waals surface area contributed by atoms with Crippen LogP contribution >= 0.6 is 11.3 Å². The molecule has 3 fully saturated rings. The maximum absolute atomic E-state index is 15.4. The summed E-state index contributed by atoms with van der Waals surface area (Å²) < 4.78 is 30.8. The summed E-state index contributed by atoms with van der Waals surface area (Å²) in [5.74, 6) is -0.248. The van der Waals surface area contributed by atoms with Crippen molar-refractivity contribution in [2.75, 3.05) is 62.7 Å². The molecule has 3 aromatic heterocycles. The van der Waals surface area contributed by atoms with Crippen LogP contribution in [0, 0.1) is 23.1 Å². The number of nitrogens with zero attached hydrogens (tertiary/aromatic N) is 9. The molecule has 1 amide bonds. The molecule has 2 aliphatic heterocycles. The number of aliphatic hydroxyl groups is 1. The van der Waals surface area contributed by atoms with Gasteiger partial charge in [0.15, 0.2) is 10.8 Å². The average Bonchev–Trinajstić information content (AvgIpc) is 3.64. The molecule has 5 heterocycles. The number of piperazine rings is 1. The fraction of sp³-hybridized carbons (Fsp3) is 0.414. The second-order valence-electron chi connectivity index (χ2n) is 11.2. The van der Waals surface area contributed by atoms with Gasteiger partial charge in [-0.1, -0.05) is 11.3 Å². The van der Waals surface area contributed by atoms with Gasteiger partial charge in [0.1, 0.15) is 28.3 Å². The average molecular weight is 606 g/mol. The third kappa shape index (κ3) is 5.17. The molecule has 0 bridgehead atoms. The second-order valence-corrected chi connectivity index (χ2v) is 12.2. The molecule has 1 aromatic carbocycles. The first-order valence-corrected chi connectivity index (χ1v) is 15.0. The van der Waals surface area contributed by atoms with Gasteiger partial charge in [-0.3, -0.25) is 9.69 Å². The Morgan fingerprint density at radius 1 is 1.14 bits per heavy atom. The van der Waals surface area contributed by atoms with Gasteiger partial charge in [-0.2, -0.15) is 19.7 Å². The van der Waals surface area contributed by atoms with E-state index in [2.05, 4.69) is 16.2 Å². The Hall–Kier alpha value is -4.19. The van der Waals surface area contributed by atoms with Crippen LogP contribution in [-0.2, 0) is 4.79 Å². The molecule has 2 saturated heterocycles. The fourth-order valence-corrected chi connectivity index (χ4v) is 6.48. The van der Waals surface area contributed by atoms with Crippen LogP contribution in [0.4, 0.5) is 25.4 Å². The minimum atomic E-state index is -0.596. The highest BCUT2D eigenvalue weighted by Crippen LogP contribution is 2.44. The fourth-order valence-electron chi connectivity index (χ4n) is 5.63. The van der Waals surface area contributed by atoms with E-state index in [9.17, 15) is 19.6 Å². The van der Waals surface area contributed by atoms with Crippen LogP contribution in [0.2, 0.25) is 0 Å². The molecular weight excluding hydrogens is 576 g/mol. The summed E-state index contributed by atoms with van der Waals surface area (Å²) in [6, 6.07) is 10.0. The second kappa shape index (κ2) is 10.8. The number of thiazole rings is 1. The van der Waals surface area contributed by atoms with E-state index in [1.807, 2.05) is 26.4 Å². The molecule has 3 aliphatic rings. The van der Waals surface area contributed by atoms with E-state index in [0.717, 1.165) is 18.7 Å². The van der Waals surface area contributed by atoms with Crippen LogP contribution in [0.1, 0.15) is 23.8 Å². The number of fused-ring (bicyclic) bond motifs is 1. The first kappa shape index (κ1) is 27.6. The Labute approximate surface area is 250 Å². The number of rotatable bonds is 7. The zero-order chi connectivity index (χ0) is 29.8. The molecule has 43 heavy (non-hydrogen) atoms. The van der Waals surface area contributed by atoms with E-state index >= 15 is 4.39 Å². The van der Waals surface area contributed by atoms with Crippen molar-refractivity contribution in [1.82, 2.24) is 29.5 Å². The zero-order valence-electron chi connectivity index (χ0n) is 23.4. The van der Waals surface area contributed by atoms with E-state index in [-0.39, 0.29) is 24.3 Å². The van der Waals surface area contributed by atoms with Gasteiger partial charge in [0, 0.05) is 51.9 Å². The molecule has 0 atom stereocenters. The number of β-amino-alcohol motifs (C(OH)–C–C–N with tert-alkyl or cyclic N) is 1. The molecule has 0 radical (unpaired) electrons. The quantitative estimate of drug-likeness (QED) is 0.317. The van der Waals surface area contributed by atoms with E-state index in [1.54, 1.807) is 23.1 Å². The van der Waals surface area contributed by atoms with Crippen LogP contribution in [0.3, 0.4) is 0 Å². The smallest absolute Gasteiger partial charge is 0.238 e. The maximum Gasteiger partial charge on any atom is 0.238 e. The summed E-state index contributed by atoms with van der Waals surface area (Å²) in [6.45, 7) is 3.29. The van der Waals surface area contributed by atoms with Crippen molar-refractivity contribution in [3.05, 3.63) is 47.0 Å². The predicted octanol–water partition coefficient (Wildman–Crippen LogP) is 3.13. The number of likely N-dealkylation sites (tertiary alicyclic amines) is 1. The Bertz CT molecular complexity index is 1730. The number of aromatic nitrogens is 4. The largest absolute Gasteiger partial charge is 0.389 e. The van der Waals surface area contributed by atoms with E-state index in [4.69, 9.17) is 4.98 Å². The summed E-state index contributed by atoms with van der Waals surface area (Å²) in [6.07, 6.45) is 1.47. The van der Waals surface area contributed by atoms with Crippen LogP contribution < -0.4 is 9.80 Å². The Morgan fingerprint density at radius 2 is 1.86 bits per heavy atom. The Kier molecular flexibility index (Phi) is 6.95. The first-order valence-electron chi connectivity index (χ1n) is 14.2. The SMILES string of the molecule is CN(c1nc(-c2ccc(F)cc2)c(C#N)s1)c1c2cc(N3CCN(CC(=O)N4CC(O)C4)CC3)c(F)nc2nn1C1CC1. The summed E-state index contributed by atoms with van der Waals surface area (Å²) >= 11 is 1.23. The zero-order valence-corrected chi connectivity index (χ0v) is 24.3. The van der Waals surface area contributed by atoms with Crippen LogP contribution in [-0.4, -0.2) is 99.5 Å². The first-order chi connectivity index (χ1) is 20.8. The molecule has 1 aliphatic carbocycles. The van der Waals surface area contributed by atoms with Crippen molar-refractivity contribution in [2.24, 2.45) is 0 Å². The van der Waals surface area contributed by atoms with E-state index in [0.29, 0.717) is 77.3 Å². The van der Waals surface area contributed by atoms with Gasteiger partial charge in [-0.15, -0.1) is 0 Å². The molecular formula is C29H29F2N9O2S. The van der Waals surface area contributed by atoms with Crippen molar-refractivity contribution in [1.29, 1.82) is 5.26 Å². The van der Waals surface area contributed by atoms with Gasteiger partial charge in [0.2, 0.25) is 11.9 Å². The monoisotopic (exact) mass is 605 g/mol. The number of anilines is 3. The number of pyridine rings is 1. The molecule has 1 N–H and O–H groups in total. The topological polar surface area (TPSA) is 118 Å². The molecule has 0 unspecified atom stereocenters. The normalized spacial score (nSPS) is 17.7. The molecule has 222 valence electrons. The van der Waals surface area contributed by atoms with Gasteiger partial charge >= 0.3 is 0 Å². The molecule has 7 rings (SSSR count). The summed E-state index contributed by atoms with van der Waals surface area (Å²) in [7, 11) is 1.85. The Balaban J connectivity index is 1.17. The number of hydrogen-bond acceptors (Lipinski definition) is 10. The summed E-state index contributed by atoms with van der Waals surface area (Å²) in [5.41, 5.74) is 1.79. The van der Waals surface area contributed by atoms with Crippen molar-refractivity contribution < 1.29 is 18.7 Å². The van der Waals surface area contributed by atoms with Crippen LogP contribution in [0.5, 0.6) is 0 Å². The highest BCUT2D eigenvalue weighted by molar-refractivity contribution is 7.16. The predicted molar refractivity (Wildman–Crippen MR) is 157 cm³/mol. The van der Waals surface area contributed by atoms with Gasteiger partial charge in [-0.25, -0.2) is 14.1 Å². The summed E-state index contributed by atoms with van der Waals surface area (Å²) in [5, 5.41) is 25.2. The third-order valence-electron chi connectivity index (χ3n) is 8.22. The van der Waals surface area contributed by atoms with E-state index < -0.39 is 12.1 Å². The van der Waals surface area contributed by atoms with E-state index in [1.165, 1.54) is 23.5 Å². The van der Waals surface area contributed by atoms with Gasteiger partial charge in [0.05, 0.1) is 29.8 Å². The molecule has 4 aromatic rings. The number of halogens is 2. The highest BCUT2D eigenvalue weighted by atomic mass is 32.1. The minimum Gasteiger partial charge on any atom is -0.389 e. The lowest BCUT2D eigenvalue weighted by Crippen LogP contribution is -2.57. The van der Waals surface area contributed by atoms with Gasteiger partial charge in [-0.05, 0) is 43.2 Å². The summed E-state index contributed by atoms with van der Waals surface area (Å²) in [4.78, 5) is 29.4. The third-order valence-corrected chi connectivity index (χ3v) is 9.25. The lowest BCUT2D eigenvalue weighted by molar-refractivity contribution is -0.142. The number of amides is 1. The van der Waals surface area contributed by atoms with Crippen LogP contribution in [0.25, 0.3) is 22.3 Å². The highest BCUT2D eigenvalue weighted by Gasteiger charge is 2.34. The van der Waals surface area contributed by atoms with Crippen molar-refractivity contribution in [2.45, 2.75) is 25.0 Å². The van der Waals surface area contributed by atoms with Crippen molar-refractivity contribution in [3.63, 3.8) is 0 Å². The molecule has 14 heteroatoms. The number of benzene rings is 1.